The van der Waals surface area contributed by atoms with Gasteiger partial charge in [0.2, 0.25) is 0 Å². The van der Waals surface area contributed by atoms with E-state index in [1.54, 1.807) is 0 Å². The first kappa shape index (κ1) is 32.2. The fourth-order valence-corrected chi connectivity index (χ4v) is 3.42. The lowest BCUT2D eigenvalue weighted by Gasteiger charge is -2.24. The fourth-order valence-electron chi connectivity index (χ4n) is 3.42. The summed E-state index contributed by atoms with van der Waals surface area (Å²) in [4.78, 5) is 11.8. The zero-order chi connectivity index (χ0) is 24.7. The van der Waals surface area contributed by atoms with Crippen LogP contribution in [0.15, 0.2) is 0 Å². The van der Waals surface area contributed by atoms with Gasteiger partial charge in [-0.3, -0.25) is 4.79 Å². The molecule has 9 heteroatoms. The number of hydrogen-bond acceptors (Lipinski definition) is 8. The molecular formula is C24H50N2O7. The molecule has 1 amide bonds. The molecule has 33 heavy (non-hydrogen) atoms. The number of carbonyl (C=O) groups is 1. The maximum absolute atomic E-state index is 11.8. The van der Waals surface area contributed by atoms with Crippen LogP contribution in [0.4, 0.5) is 0 Å². The Bertz CT molecular complexity index is 443. The molecule has 0 radical (unpaired) electrons. The topological polar surface area (TPSA) is 152 Å². The standard InChI is InChI=1S/C24H50N2O7/c1-2-3-4-5-6-7-8-9-10-11-17-33-18-13-15-25-14-12-16-26-24(32)23(31)22(30)21(29)20(28)19-27/h20-23,25,27-31H,2-19H2,1H3,(H,26,32)/t20-,21-,22+,23-/m1/s1. The van der Waals surface area contributed by atoms with Gasteiger partial charge in [-0.15, -0.1) is 0 Å². The first-order valence-corrected chi connectivity index (χ1v) is 12.8. The zero-order valence-corrected chi connectivity index (χ0v) is 20.6. The molecule has 0 saturated heterocycles. The Morgan fingerprint density at radius 3 is 1.88 bits per heavy atom. The van der Waals surface area contributed by atoms with Crippen molar-refractivity contribution < 1.29 is 35.1 Å². The Morgan fingerprint density at radius 2 is 1.27 bits per heavy atom. The molecule has 0 fully saturated rings. The van der Waals surface area contributed by atoms with E-state index in [4.69, 9.17) is 9.84 Å². The average molecular weight is 479 g/mol. The lowest BCUT2D eigenvalue weighted by molar-refractivity contribution is -0.148. The smallest absolute Gasteiger partial charge is 0.251 e. The maximum Gasteiger partial charge on any atom is 0.251 e. The molecule has 0 spiro atoms. The third-order valence-corrected chi connectivity index (χ3v) is 5.64. The minimum atomic E-state index is -1.89. The van der Waals surface area contributed by atoms with Crippen molar-refractivity contribution in [2.24, 2.45) is 0 Å². The third kappa shape index (κ3) is 18.2. The summed E-state index contributed by atoms with van der Waals surface area (Å²) in [5, 5.41) is 52.6. The Kier molecular flexibility index (Phi) is 22.4. The van der Waals surface area contributed by atoms with E-state index in [9.17, 15) is 25.2 Å². The van der Waals surface area contributed by atoms with Crippen LogP contribution in [-0.4, -0.2) is 95.3 Å². The van der Waals surface area contributed by atoms with Crippen LogP contribution in [-0.2, 0) is 9.53 Å². The summed E-state index contributed by atoms with van der Waals surface area (Å²) in [5.41, 5.74) is 0. The number of hydrogen-bond donors (Lipinski definition) is 7. The molecule has 7 N–H and O–H groups in total. The Hall–Kier alpha value is -0.810. The molecule has 0 unspecified atom stereocenters. The van der Waals surface area contributed by atoms with Gasteiger partial charge in [0.15, 0.2) is 6.10 Å². The van der Waals surface area contributed by atoms with Crippen LogP contribution in [0.2, 0.25) is 0 Å². The van der Waals surface area contributed by atoms with E-state index in [1.165, 1.54) is 57.8 Å². The van der Waals surface area contributed by atoms with Crippen molar-refractivity contribution in [2.45, 2.75) is 108 Å². The van der Waals surface area contributed by atoms with Gasteiger partial charge < -0.3 is 40.9 Å². The summed E-state index contributed by atoms with van der Waals surface area (Å²) in [6.45, 7) is 4.81. The van der Waals surface area contributed by atoms with E-state index < -0.39 is 36.9 Å². The van der Waals surface area contributed by atoms with Gasteiger partial charge in [0.1, 0.15) is 18.3 Å². The number of amides is 1. The SMILES string of the molecule is CCCCCCCCCCCCOCCCNCCCNC(=O)[C@H](O)[C@@H](O)[C@H](O)[C@H](O)CO. The van der Waals surface area contributed by atoms with Crippen molar-refractivity contribution in [3.05, 3.63) is 0 Å². The molecule has 0 aromatic carbocycles. The Morgan fingerprint density at radius 1 is 0.727 bits per heavy atom. The van der Waals surface area contributed by atoms with Gasteiger partial charge in [0.25, 0.3) is 5.91 Å². The summed E-state index contributed by atoms with van der Waals surface area (Å²) in [6, 6.07) is 0. The summed E-state index contributed by atoms with van der Waals surface area (Å²) >= 11 is 0. The molecule has 0 bridgehead atoms. The fraction of sp³-hybridized carbons (Fsp3) is 0.958. The second-order valence-electron chi connectivity index (χ2n) is 8.72. The van der Waals surface area contributed by atoms with Gasteiger partial charge in [-0.1, -0.05) is 64.7 Å². The van der Waals surface area contributed by atoms with Crippen LogP contribution in [0.1, 0.15) is 84.0 Å². The number of ether oxygens (including phenoxy) is 1. The Labute approximate surface area is 199 Å². The maximum atomic E-state index is 11.8. The highest BCUT2D eigenvalue weighted by molar-refractivity contribution is 5.81. The van der Waals surface area contributed by atoms with E-state index in [2.05, 4.69) is 17.6 Å². The zero-order valence-electron chi connectivity index (χ0n) is 20.6. The second-order valence-corrected chi connectivity index (χ2v) is 8.72. The van der Waals surface area contributed by atoms with Crippen molar-refractivity contribution in [1.82, 2.24) is 10.6 Å². The summed E-state index contributed by atoms with van der Waals surface area (Å²) in [5.74, 6) is -0.841. The summed E-state index contributed by atoms with van der Waals surface area (Å²) < 4.78 is 5.66. The number of nitrogens with one attached hydrogen (secondary N) is 2. The van der Waals surface area contributed by atoms with Crippen molar-refractivity contribution in [3.63, 3.8) is 0 Å². The van der Waals surface area contributed by atoms with E-state index in [0.29, 0.717) is 19.5 Å². The largest absolute Gasteiger partial charge is 0.394 e. The van der Waals surface area contributed by atoms with Crippen molar-refractivity contribution in [2.75, 3.05) is 39.5 Å². The predicted octanol–water partition coefficient (Wildman–Crippen LogP) is 0.846. The molecular weight excluding hydrogens is 428 g/mol. The molecule has 9 nitrogen and oxygen atoms in total. The minimum Gasteiger partial charge on any atom is -0.394 e. The van der Waals surface area contributed by atoms with Crippen LogP contribution in [0.25, 0.3) is 0 Å². The number of aliphatic hydroxyl groups excluding tert-OH is 5. The predicted molar refractivity (Wildman–Crippen MR) is 129 cm³/mol. The Balaban J connectivity index is 3.40. The molecule has 0 aliphatic rings. The van der Waals surface area contributed by atoms with E-state index in [-0.39, 0.29) is 0 Å². The highest BCUT2D eigenvalue weighted by Crippen LogP contribution is 2.10. The molecule has 0 rings (SSSR count). The molecule has 0 aromatic heterocycles. The van der Waals surface area contributed by atoms with Gasteiger partial charge in [0.05, 0.1) is 6.61 Å². The summed E-state index contributed by atoms with van der Waals surface area (Å²) in [7, 11) is 0. The van der Waals surface area contributed by atoms with Crippen LogP contribution in [0.5, 0.6) is 0 Å². The van der Waals surface area contributed by atoms with E-state index in [1.807, 2.05) is 0 Å². The van der Waals surface area contributed by atoms with Crippen LogP contribution < -0.4 is 10.6 Å². The van der Waals surface area contributed by atoms with Gasteiger partial charge in [-0.2, -0.15) is 0 Å². The molecule has 0 saturated carbocycles. The van der Waals surface area contributed by atoms with E-state index in [0.717, 1.165) is 32.6 Å². The molecule has 198 valence electrons. The lowest BCUT2D eigenvalue weighted by Crippen LogP contribution is -2.51. The monoisotopic (exact) mass is 478 g/mol. The average Bonchev–Trinajstić information content (AvgIpc) is 2.83. The van der Waals surface area contributed by atoms with Gasteiger partial charge in [0, 0.05) is 19.8 Å². The number of carbonyl (C=O) groups excluding carboxylic acids is 1. The lowest BCUT2D eigenvalue weighted by atomic mass is 10.0. The minimum absolute atomic E-state index is 0.295. The number of unbranched alkanes of at least 4 members (excludes halogenated alkanes) is 9. The normalized spacial score (nSPS) is 15.2. The van der Waals surface area contributed by atoms with Gasteiger partial charge >= 0.3 is 0 Å². The van der Waals surface area contributed by atoms with Crippen molar-refractivity contribution in [1.29, 1.82) is 0 Å². The van der Waals surface area contributed by atoms with E-state index >= 15 is 0 Å². The molecule has 0 aromatic rings. The third-order valence-electron chi connectivity index (χ3n) is 5.64. The van der Waals surface area contributed by atoms with Crippen molar-refractivity contribution >= 4 is 5.91 Å². The molecule has 0 heterocycles. The highest BCUT2D eigenvalue weighted by atomic mass is 16.5. The van der Waals surface area contributed by atoms with Crippen LogP contribution >= 0.6 is 0 Å². The number of rotatable bonds is 24. The van der Waals surface area contributed by atoms with Crippen molar-refractivity contribution in [3.8, 4) is 0 Å². The van der Waals surface area contributed by atoms with Crippen LogP contribution in [0, 0.1) is 0 Å². The highest BCUT2D eigenvalue weighted by Gasteiger charge is 2.33. The molecule has 4 atom stereocenters. The molecule has 0 aliphatic carbocycles. The van der Waals surface area contributed by atoms with Gasteiger partial charge in [-0.05, 0) is 32.4 Å². The second kappa shape index (κ2) is 23.0. The summed E-state index contributed by atoms with van der Waals surface area (Å²) in [6.07, 6.45) is 7.52. The first-order valence-electron chi connectivity index (χ1n) is 12.8. The molecule has 0 aliphatic heterocycles. The first-order chi connectivity index (χ1) is 16.0. The van der Waals surface area contributed by atoms with Gasteiger partial charge in [-0.25, -0.2) is 0 Å². The quantitative estimate of drug-likeness (QED) is 0.101. The van der Waals surface area contributed by atoms with Crippen LogP contribution in [0.3, 0.4) is 0 Å². The number of aliphatic hydroxyl groups is 5.